The molecule has 1 saturated heterocycles. The number of halogens is 1. The third kappa shape index (κ3) is 4.01. The summed E-state index contributed by atoms with van der Waals surface area (Å²) in [6.07, 6.45) is 0. The van der Waals surface area contributed by atoms with Crippen molar-refractivity contribution in [2.45, 2.75) is 25.8 Å². The maximum Gasteiger partial charge on any atom is 0.300 e. The lowest BCUT2D eigenvalue weighted by atomic mass is 9.93. The number of aliphatic hydroxyl groups is 1. The number of ketones is 1. The zero-order valence-electron chi connectivity index (χ0n) is 18.9. The van der Waals surface area contributed by atoms with Crippen molar-refractivity contribution in [2.24, 2.45) is 0 Å². The molecule has 1 unspecified atom stereocenters. The fourth-order valence-corrected chi connectivity index (χ4v) is 4.22. The van der Waals surface area contributed by atoms with Crippen LogP contribution in [0.4, 0.5) is 10.1 Å². The highest BCUT2D eigenvalue weighted by molar-refractivity contribution is 6.51. The number of Topliss-reactive ketones (excluding diaryl/α,β-unsaturated/α-hetero) is 1. The third-order valence-corrected chi connectivity index (χ3v) is 5.84. The monoisotopic (exact) mass is 461 g/mol. The minimum atomic E-state index is -1.07. The first kappa shape index (κ1) is 23.0. The van der Waals surface area contributed by atoms with Gasteiger partial charge in [-0.05, 0) is 65.6 Å². The largest absolute Gasteiger partial charge is 0.508 e. The van der Waals surface area contributed by atoms with Crippen molar-refractivity contribution in [3.05, 3.63) is 94.8 Å². The van der Waals surface area contributed by atoms with E-state index in [1.807, 2.05) is 13.8 Å². The Bertz CT molecular complexity index is 1310. The molecule has 3 aromatic carbocycles. The molecule has 7 heteroatoms. The highest BCUT2D eigenvalue weighted by Crippen LogP contribution is 2.43. The molecule has 1 aliphatic heterocycles. The van der Waals surface area contributed by atoms with Crippen molar-refractivity contribution >= 4 is 23.1 Å². The van der Waals surface area contributed by atoms with Crippen LogP contribution < -0.4 is 9.64 Å². The van der Waals surface area contributed by atoms with Crippen LogP contribution in [0, 0.1) is 5.82 Å². The van der Waals surface area contributed by atoms with Gasteiger partial charge in [0.25, 0.3) is 11.7 Å². The summed E-state index contributed by atoms with van der Waals surface area (Å²) in [7, 11) is 1.55. The van der Waals surface area contributed by atoms with Gasteiger partial charge in [0.1, 0.15) is 23.1 Å². The highest BCUT2D eigenvalue weighted by atomic mass is 19.1. The molecule has 1 aliphatic rings. The number of aliphatic hydroxyl groups excluding tert-OH is 1. The normalized spacial score (nSPS) is 17.4. The number of hydrogen-bond acceptors (Lipinski definition) is 5. The van der Waals surface area contributed by atoms with Gasteiger partial charge in [-0.2, -0.15) is 0 Å². The highest BCUT2D eigenvalue weighted by Gasteiger charge is 2.47. The van der Waals surface area contributed by atoms with E-state index in [1.165, 1.54) is 30.3 Å². The summed E-state index contributed by atoms with van der Waals surface area (Å²) in [5, 5.41) is 21.4. The standard InChI is InChI=1S/C27H24FNO5/c1-15(2)21-13-17(10-11-22(21)34-3)25(31)23-24(16-6-4-9-20(30)12-16)29(27(33)26(23)32)19-8-5-7-18(28)14-19/h4-15,24,30-31H,1-3H3/b25-23-. The molecule has 0 aliphatic carbocycles. The molecule has 0 spiro atoms. The summed E-state index contributed by atoms with van der Waals surface area (Å²) in [5.41, 5.74) is 1.56. The number of hydrogen-bond donors (Lipinski definition) is 2. The van der Waals surface area contributed by atoms with Gasteiger partial charge in [0.2, 0.25) is 0 Å². The summed E-state index contributed by atoms with van der Waals surface area (Å²) in [4.78, 5) is 27.5. The van der Waals surface area contributed by atoms with E-state index in [4.69, 9.17) is 4.74 Å². The minimum absolute atomic E-state index is 0.0688. The van der Waals surface area contributed by atoms with Crippen molar-refractivity contribution in [2.75, 3.05) is 12.0 Å². The molecule has 6 nitrogen and oxygen atoms in total. The van der Waals surface area contributed by atoms with Crippen LogP contribution in [-0.4, -0.2) is 29.0 Å². The number of rotatable bonds is 5. The lowest BCUT2D eigenvalue weighted by molar-refractivity contribution is -0.132. The van der Waals surface area contributed by atoms with Crippen molar-refractivity contribution < 1.29 is 28.9 Å². The van der Waals surface area contributed by atoms with E-state index in [0.29, 0.717) is 16.9 Å². The van der Waals surface area contributed by atoms with Gasteiger partial charge in [0.05, 0.1) is 18.7 Å². The topological polar surface area (TPSA) is 87.1 Å². The van der Waals surface area contributed by atoms with Gasteiger partial charge in [0.15, 0.2) is 0 Å². The average Bonchev–Trinajstić information content (AvgIpc) is 3.08. The van der Waals surface area contributed by atoms with E-state index < -0.39 is 23.5 Å². The van der Waals surface area contributed by atoms with Crippen LogP contribution in [0.25, 0.3) is 5.76 Å². The summed E-state index contributed by atoms with van der Waals surface area (Å²) in [5.74, 6) is -2.12. The molecular formula is C27H24FNO5. The Morgan fingerprint density at radius 1 is 1.03 bits per heavy atom. The molecule has 2 N–H and O–H groups in total. The maximum atomic E-state index is 14.0. The van der Waals surface area contributed by atoms with E-state index in [0.717, 1.165) is 16.5 Å². The number of carbonyl (C=O) groups is 2. The summed E-state index contributed by atoms with van der Waals surface area (Å²) >= 11 is 0. The van der Waals surface area contributed by atoms with Crippen LogP contribution in [-0.2, 0) is 9.59 Å². The Kier molecular flexibility index (Phi) is 6.11. The van der Waals surface area contributed by atoms with Gasteiger partial charge in [-0.15, -0.1) is 0 Å². The Balaban J connectivity index is 1.96. The molecule has 1 atom stereocenters. The zero-order valence-corrected chi connectivity index (χ0v) is 18.9. The van der Waals surface area contributed by atoms with Gasteiger partial charge in [0, 0.05) is 11.3 Å². The number of methoxy groups -OCH3 is 1. The number of anilines is 1. The van der Waals surface area contributed by atoms with Crippen LogP contribution in [0.1, 0.15) is 42.5 Å². The second-order valence-electron chi connectivity index (χ2n) is 8.36. The number of ether oxygens (including phenoxy) is 1. The second kappa shape index (κ2) is 9.02. The van der Waals surface area contributed by atoms with Gasteiger partial charge in [-0.1, -0.05) is 32.0 Å². The van der Waals surface area contributed by atoms with Crippen LogP contribution >= 0.6 is 0 Å². The first-order chi connectivity index (χ1) is 16.2. The second-order valence-corrected chi connectivity index (χ2v) is 8.36. The van der Waals surface area contributed by atoms with Crippen LogP contribution in [0.2, 0.25) is 0 Å². The maximum absolute atomic E-state index is 14.0. The third-order valence-electron chi connectivity index (χ3n) is 5.84. The van der Waals surface area contributed by atoms with Crippen molar-refractivity contribution in [3.63, 3.8) is 0 Å². The number of aromatic hydroxyl groups is 1. The molecule has 34 heavy (non-hydrogen) atoms. The van der Waals surface area contributed by atoms with E-state index in [9.17, 15) is 24.2 Å². The molecule has 0 radical (unpaired) electrons. The number of phenols is 1. The molecule has 1 fully saturated rings. The molecule has 0 bridgehead atoms. The Hall–Kier alpha value is -4.13. The summed E-state index contributed by atoms with van der Waals surface area (Å²) < 4.78 is 19.4. The van der Waals surface area contributed by atoms with Gasteiger partial charge < -0.3 is 14.9 Å². The molecule has 174 valence electrons. The lowest BCUT2D eigenvalue weighted by Gasteiger charge is -2.25. The van der Waals surface area contributed by atoms with Crippen molar-refractivity contribution in [1.82, 2.24) is 0 Å². The molecule has 3 aromatic rings. The van der Waals surface area contributed by atoms with Crippen molar-refractivity contribution in [3.8, 4) is 11.5 Å². The van der Waals surface area contributed by atoms with Crippen LogP contribution in [0.5, 0.6) is 11.5 Å². The van der Waals surface area contributed by atoms with E-state index in [2.05, 4.69) is 0 Å². The molecular weight excluding hydrogens is 437 g/mol. The van der Waals surface area contributed by atoms with E-state index in [1.54, 1.807) is 37.4 Å². The van der Waals surface area contributed by atoms with Gasteiger partial charge in [-0.25, -0.2) is 4.39 Å². The minimum Gasteiger partial charge on any atom is -0.508 e. The number of benzene rings is 3. The molecule has 0 aromatic heterocycles. The van der Waals surface area contributed by atoms with Gasteiger partial charge in [-0.3, -0.25) is 14.5 Å². The van der Waals surface area contributed by atoms with E-state index in [-0.39, 0.29) is 28.7 Å². The Morgan fingerprint density at radius 2 is 1.76 bits per heavy atom. The molecule has 0 saturated carbocycles. The summed E-state index contributed by atoms with van der Waals surface area (Å²) in [6.45, 7) is 3.94. The summed E-state index contributed by atoms with van der Waals surface area (Å²) in [6, 6.07) is 15.3. The van der Waals surface area contributed by atoms with E-state index >= 15 is 0 Å². The quantitative estimate of drug-likeness (QED) is 0.306. The number of nitrogens with zero attached hydrogens (tertiary/aromatic N) is 1. The first-order valence-corrected chi connectivity index (χ1v) is 10.8. The zero-order chi connectivity index (χ0) is 24.6. The molecule has 4 rings (SSSR count). The Labute approximate surface area is 196 Å². The van der Waals surface area contributed by atoms with Gasteiger partial charge >= 0.3 is 0 Å². The number of phenolic OH excluding ortho intramolecular Hbond substituents is 1. The predicted octanol–water partition coefficient (Wildman–Crippen LogP) is 5.29. The fourth-order valence-electron chi connectivity index (χ4n) is 4.22. The van der Waals surface area contributed by atoms with Crippen molar-refractivity contribution in [1.29, 1.82) is 0 Å². The smallest absolute Gasteiger partial charge is 0.300 e. The van der Waals surface area contributed by atoms with Crippen LogP contribution in [0.3, 0.4) is 0 Å². The average molecular weight is 461 g/mol. The fraction of sp³-hybridized carbons (Fsp3) is 0.185. The number of amides is 1. The molecule has 1 amide bonds. The van der Waals surface area contributed by atoms with Crippen LogP contribution in [0.15, 0.2) is 72.3 Å². The predicted molar refractivity (Wildman–Crippen MR) is 126 cm³/mol. The lowest BCUT2D eigenvalue weighted by Crippen LogP contribution is -2.29. The molecule has 1 heterocycles. The SMILES string of the molecule is COc1ccc(/C(O)=C2/C(=O)C(=O)N(c3cccc(F)c3)C2c2cccc(O)c2)cc1C(C)C. The Morgan fingerprint density at radius 3 is 2.41 bits per heavy atom. The first-order valence-electron chi connectivity index (χ1n) is 10.8. The number of carbonyl (C=O) groups excluding carboxylic acids is 2.